The number of anilines is 1. The van der Waals surface area contributed by atoms with Gasteiger partial charge < -0.3 is 19.8 Å². The summed E-state index contributed by atoms with van der Waals surface area (Å²) < 4.78 is 10.6. The summed E-state index contributed by atoms with van der Waals surface area (Å²) in [7, 11) is 3.16. The molecule has 0 saturated heterocycles. The van der Waals surface area contributed by atoms with Gasteiger partial charge in [-0.2, -0.15) is 0 Å². The smallest absolute Gasteiger partial charge is 0.237 e. The second-order valence-corrected chi connectivity index (χ2v) is 8.79. The Bertz CT molecular complexity index is 1160. The van der Waals surface area contributed by atoms with Gasteiger partial charge in [0.1, 0.15) is 11.5 Å². The minimum atomic E-state index is -0.337. The molecule has 0 radical (unpaired) electrons. The molecule has 4 rings (SSSR count). The summed E-state index contributed by atoms with van der Waals surface area (Å²) in [6.07, 6.45) is 0.639. The standard InChI is InChI=1S/C27H27N3O3S/c1-4-23(26(31)28-20-15-21(32-2)17-22(16-20)33-3)34-27-29-24(18-11-7-5-8-12-18)25(30-27)19-13-9-6-10-14-19/h5-17,23H,4H2,1-3H3,(H,28,31)(H,29,30). The molecule has 1 aromatic heterocycles. The number of nitrogens with zero attached hydrogens (tertiary/aromatic N) is 1. The molecule has 0 spiro atoms. The molecule has 0 saturated carbocycles. The predicted octanol–water partition coefficient (Wildman–Crippen LogP) is 6.27. The van der Waals surface area contributed by atoms with Crippen molar-refractivity contribution in [2.75, 3.05) is 19.5 Å². The van der Waals surface area contributed by atoms with Crippen molar-refractivity contribution < 1.29 is 14.3 Å². The van der Waals surface area contributed by atoms with Crippen LogP contribution in [0.2, 0.25) is 0 Å². The van der Waals surface area contributed by atoms with Crippen molar-refractivity contribution in [2.45, 2.75) is 23.8 Å². The number of ether oxygens (including phenoxy) is 2. The Labute approximate surface area is 203 Å². The lowest BCUT2D eigenvalue weighted by molar-refractivity contribution is -0.115. The number of methoxy groups -OCH3 is 2. The number of benzene rings is 3. The number of aromatic nitrogens is 2. The molecule has 2 N–H and O–H groups in total. The van der Waals surface area contributed by atoms with E-state index in [9.17, 15) is 4.79 Å². The zero-order valence-electron chi connectivity index (χ0n) is 19.4. The van der Waals surface area contributed by atoms with Crippen molar-refractivity contribution in [3.63, 3.8) is 0 Å². The van der Waals surface area contributed by atoms with Gasteiger partial charge in [0.05, 0.1) is 30.9 Å². The van der Waals surface area contributed by atoms with Gasteiger partial charge >= 0.3 is 0 Å². The van der Waals surface area contributed by atoms with Crippen molar-refractivity contribution in [1.29, 1.82) is 0 Å². The molecule has 1 unspecified atom stereocenters. The fraction of sp³-hybridized carbons (Fsp3) is 0.185. The molecule has 1 atom stereocenters. The van der Waals surface area contributed by atoms with E-state index in [0.29, 0.717) is 28.8 Å². The second-order valence-electron chi connectivity index (χ2n) is 7.60. The van der Waals surface area contributed by atoms with Crippen LogP contribution in [0.15, 0.2) is 84.0 Å². The average molecular weight is 474 g/mol. The molecular weight excluding hydrogens is 446 g/mol. The van der Waals surface area contributed by atoms with Crippen molar-refractivity contribution in [3.05, 3.63) is 78.9 Å². The maximum atomic E-state index is 13.1. The van der Waals surface area contributed by atoms with Crippen LogP contribution in [0.3, 0.4) is 0 Å². The van der Waals surface area contributed by atoms with E-state index in [4.69, 9.17) is 14.5 Å². The van der Waals surface area contributed by atoms with Crippen molar-refractivity contribution >= 4 is 23.4 Å². The molecule has 4 aromatic rings. The molecule has 0 aliphatic heterocycles. The number of H-pyrrole nitrogens is 1. The summed E-state index contributed by atoms with van der Waals surface area (Å²) in [5, 5.41) is 3.35. The number of carbonyl (C=O) groups is 1. The number of imidazole rings is 1. The first-order chi connectivity index (χ1) is 16.6. The van der Waals surface area contributed by atoms with Crippen molar-refractivity contribution in [1.82, 2.24) is 9.97 Å². The zero-order chi connectivity index (χ0) is 23.9. The average Bonchev–Trinajstić information content (AvgIpc) is 3.32. The highest BCUT2D eigenvalue weighted by Gasteiger charge is 2.22. The van der Waals surface area contributed by atoms with E-state index in [0.717, 1.165) is 22.5 Å². The van der Waals surface area contributed by atoms with Gasteiger partial charge in [0, 0.05) is 35.0 Å². The SMILES string of the molecule is CCC(Sc1nc(-c2ccccc2)c(-c2ccccc2)[nH]1)C(=O)Nc1cc(OC)cc(OC)c1. The molecule has 7 heteroatoms. The lowest BCUT2D eigenvalue weighted by Gasteiger charge is -2.15. The number of rotatable bonds is 9. The summed E-state index contributed by atoms with van der Waals surface area (Å²) in [6, 6.07) is 25.5. The molecule has 1 heterocycles. The van der Waals surface area contributed by atoms with Crippen LogP contribution in [0.4, 0.5) is 5.69 Å². The number of amides is 1. The third-order valence-electron chi connectivity index (χ3n) is 5.33. The van der Waals surface area contributed by atoms with Gasteiger partial charge in [-0.15, -0.1) is 0 Å². The third kappa shape index (κ3) is 5.43. The van der Waals surface area contributed by atoms with Crippen LogP contribution in [-0.2, 0) is 4.79 Å². The van der Waals surface area contributed by atoms with E-state index in [1.54, 1.807) is 32.4 Å². The fourth-order valence-electron chi connectivity index (χ4n) is 3.59. The number of nitrogens with one attached hydrogen (secondary N) is 2. The Kier molecular flexibility index (Phi) is 7.54. The largest absolute Gasteiger partial charge is 0.497 e. The first kappa shape index (κ1) is 23.4. The number of hydrogen-bond acceptors (Lipinski definition) is 5. The van der Waals surface area contributed by atoms with Gasteiger partial charge in [-0.05, 0) is 6.42 Å². The van der Waals surface area contributed by atoms with Gasteiger partial charge in [-0.25, -0.2) is 4.98 Å². The Morgan fingerprint density at radius 2 is 1.53 bits per heavy atom. The van der Waals surface area contributed by atoms with Crippen molar-refractivity contribution in [2.24, 2.45) is 0 Å². The first-order valence-electron chi connectivity index (χ1n) is 11.0. The molecular formula is C27H27N3O3S. The molecule has 0 fully saturated rings. The quantitative estimate of drug-likeness (QED) is 0.280. The predicted molar refractivity (Wildman–Crippen MR) is 138 cm³/mol. The van der Waals surface area contributed by atoms with Gasteiger partial charge in [0.15, 0.2) is 5.16 Å². The molecule has 34 heavy (non-hydrogen) atoms. The van der Waals surface area contributed by atoms with Crippen LogP contribution >= 0.6 is 11.8 Å². The zero-order valence-corrected chi connectivity index (χ0v) is 20.2. The molecule has 0 aliphatic carbocycles. The Balaban J connectivity index is 1.60. The van der Waals surface area contributed by atoms with Gasteiger partial charge in [0.25, 0.3) is 0 Å². The number of thioether (sulfide) groups is 1. The maximum absolute atomic E-state index is 13.1. The highest BCUT2D eigenvalue weighted by molar-refractivity contribution is 8.00. The second kappa shape index (κ2) is 10.9. The van der Waals surface area contributed by atoms with Crippen LogP contribution < -0.4 is 14.8 Å². The van der Waals surface area contributed by atoms with E-state index in [-0.39, 0.29) is 11.2 Å². The lowest BCUT2D eigenvalue weighted by Crippen LogP contribution is -2.24. The van der Waals surface area contributed by atoms with E-state index in [1.807, 2.05) is 55.5 Å². The minimum Gasteiger partial charge on any atom is -0.497 e. The highest BCUT2D eigenvalue weighted by Crippen LogP contribution is 2.35. The Hall–Kier alpha value is -3.71. The monoisotopic (exact) mass is 473 g/mol. The molecule has 0 bridgehead atoms. The molecule has 0 aliphatic rings. The highest BCUT2D eigenvalue weighted by atomic mass is 32.2. The van der Waals surface area contributed by atoms with Gasteiger partial charge in [-0.1, -0.05) is 79.3 Å². The number of hydrogen-bond donors (Lipinski definition) is 2. The number of aromatic amines is 1. The fourth-order valence-corrected chi connectivity index (χ4v) is 4.49. The topological polar surface area (TPSA) is 76.2 Å². The van der Waals surface area contributed by atoms with Crippen LogP contribution in [0, 0.1) is 0 Å². The normalized spacial score (nSPS) is 11.6. The van der Waals surface area contributed by atoms with E-state index >= 15 is 0 Å². The van der Waals surface area contributed by atoms with Crippen LogP contribution in [-0.4, -0.2) is 35.3 Å². The van der Waals surface area contributed by atoms with Crippen LogP contribution in [0.25, 0.3) is 22.5 Å². The van der Waals surface area contributed by atoms with E-state index in [1.165, 1.54) is 11.8 Å². The molecule has 1 amide bonds. The van der Waals surface area contributed by atoms with Gasteiger partial charge in [-0.3, -0.25) is 4.79 Å². The van der Waals surface area contributed by atoms with Crippen LogP contribution in [0.1, 0.15) is 13.3 Å². The summed E-state index contributed by atoms with van der Waals surface area (Å²) in [5.41, 5.74) is 4.48. The summed E-state index contributed by atoms with van der Waals surface area (Å²) in [6.45, 7) is 1.99. The maximum Gasteiger partial charge on any atom is 0.237 e. The molecule has 6 nitrogen and oxygen atoms in total. The van der Waals surface area contributed by atoms with Gasteiger partial charge in [0.2, 0.25) is 5.91 Å². The van der Waals surface area contributed by atoms with Crippen molar-refractivity contribution in [3.8, 4) is 34.0 Å². The minimum absolute atomic E-state index is 0.110. The first-order valence-corrected chi connectivity index (χ1v) is 11.9. The van der Waals surface area contributed by atoms with E-state index in [2.05, 4.69) is 22.4 Å². The molecule has 174 valence electrons. The summed E-state index contributed by atoms with van der Waals surface area (Å²) in [5.74, 6) is 1.12. The van der Waals surface area contributed by atoms with E-state index < -0.39 is 0 Å². The third-order valence-corrected chi connectivity index (χ3v) is 6.58. The Morgan fingerprint density at radius 3 is 2.09 bits per heavy atom. The lowest BCUT2D eigenvalue weighted by atomic mass is 10.1. The summed E-state index contributed by atoms with van der Waals surface area (Å²) in [4.78, 5) is 21.4. The summed E-state index contributed by atoms with van der Waals surface area (Å²) >= 11 is 1.42. The van der Waals surface area contributed by atoms with Crippen LogP contribution in [0.5, 0.6) is 11.5 Å². The number of carbonyl (C=O) groups excluding carboxylic acids is 1. The Morgan fingerprint density at radius 1 is 0.941 bits per heavy atom. The molecule has 3 aromatic carbocycles.